The average Bonchev–Trinajstić information content (AvgIpc) is 3.03. The minimum atomic E-state index is -0.710. The Balaban J connectivity index is 2.09. The van der Waals surface area contributed by atoms with Crippen LogP contribution in [0.2, 0.25) is 0 Å². The molecule has 2 aromatic rings. The van der Waals surface area contributed by atoms with Crippen molar-refractivity contribution in [2.75, 3.05) is 41.4 Å². The summed E-state index contributed by atoms with van der Waals surface area (Å²) in [6.45, 7) is 1.25. The number of pyridine rings is 1. The molecule has 164 valence electrons. The molecule has 1 aromatic carbocycles. The molecule has 0 radical (unpaired) electrons. The molecule has 1 amide bonds. The van der Waals surface area contributed by atoms with Crippen LogP contribution in [0, 0.1) is 0 Å². The third kappa shape index (κ3) is 4.54. The lowest BCUT2D eigenvalue weighted by Crippen LogP contribution is -3.05. The number of carbonyl (C=O) groups is 2. The topological polar surface area (TPSA) is 93.4 Å². The van der Waals surface area contributed by atoms with Crippen LogP contribution in [-0.4, -0.2) is 68.1 Å². The number of amides is 1. The molecule has 1 atom stereocenters. The van der Waals surface area contributed by atoms with Gasteiger partial charge in [-0.25, -0.2) is 0 Å². The van der Waals surface area contributed by atoms with Gasteiger partial charge in [0.2, 0.25) is 0 Å². The molecule has 0 bridgehead atoms. The molecule has 8 heteroatoms. The number of benzene rings is 1. The van der Waals surface area contributed by atoms with Crippen molar-refractivity contribution in [3.05, 3.63) is 59.4 Å². The summed E-state index contributed by atoms with van der Waals surface area (Å²) >= 11 is 0. The van der Waals surface area contributed by atoms with Crippen LogP contribution in [0.5, 0.6) is 11.5 Å². The first kappa shape index (κ1) is 22.3. The maximum Gasteiger partial charge on any atom is 0.295 e. The van der Waals surface area contributed by atoms with E-state index < -0.39 is 17.7 Å². The van der Waals surface area contributed by atoms with E-state index in [1.165, 1.54) is 24.0 Å². The Morgan fingerprint density at radius 1 is 1.16 bits per heavy atom. The standard InChI is InChI=1S/C23H27N3O5/c1-25(2)11-6-12-26-20(16-7-5-10-24-14-16)19(22(28)23(26)29)21(27)15-8-9-17(30-3)18(13-15)31-4/h5,7-10,13-14,20,27H,6,11-12H2,1-4H3/p+1/t20-/m1/s1. The molecule has 1 aliphatic heterocycles. The molecule has 1 saturated heterocycles. The zero-order valence-corrected chi connectivity index (χ0v) is 18.2. The number of quaternary nitrogens is 1. The Labute approximate surface area is 181 Å². The Kier molecular flexibility index (Phi) is 6.91. The highest BCUT2D eigenvalue weighted by Crippen LogP contribution is 2.40. The quantitative estimate of drug-likeness (QED) is 0.372. The first-order valence-corrected chi connectivity index (χ1v) is 10.1. The van der Waals surface area contributed by atoms with Gasteiger partial charge in [-0.1, -0.05) is 6.07 Å². The van der Waals surface area contributed by atoms with Crippen LogP contribution >= 0.6 is 0 Å². The molecule has 2 N–H and O–H groups in total. The summed E-state index contributed by atoms with van der Waals surface area (Å²) in [6.07, 6.45) is 3.96. The summed E-state index contributed by atoms with van der Waals surface area (Å²) in [7, 11) is 7.07. The number of ketones is 1. The van der Waals surface area contributed by atoms with Crippen LogP contribution in [0.25, 0.3) is 5.76 Å². The monoisotopic (exact) mass is 426 g/mol. The molecule has 1 aliphatic rings. The molecular weight excluding hydrogens is 398 g/mol. The predicted octanol–water partition coefficient (Wildman–Crippen LogP) is 1.06. The number of hydrogen-bond acceptors (Lipinski definition) is 6. The average molecular weight is 426 g/mol. The first-order valence-electron chi connectivity index (χ1n) is 10.1. The van der Waals surface area contributed by atoms with Crippen molar-refractivity contribution in [3.63, 3.8) is 0 Å². The van der Waals surface area contributed by atoms with E-state index >= 15 is 0 Å². The van der Waals surface area contributed by atoms with E-state index in [-0.39, 0.29) is 11.3 Å². The van der Waals surface area contributed by atoms with E-state index in [0.717, 1.165) is 13.0 Å². The Morgan fingerprint density at radius 2 is 1.90 bits per heavy atom. The van der Waals surface area contributed by atoms with Gasteiger partial charge in [-0.15, -0.1) is 0 Å². The number of rotatable bonds is 8. The molecule has 0 unspecified atom stereocenters. The number of hydrogen-bond donors (Lipinski definition) is 2. The fraction of sp³-hybridized carbons (Fsp3) is 0.348. The number of ether oxygens (including phenoxy) is 2. The van der Waals surface area contributed by atoms with Crippen molar-refractivity contribution in [1.29, 1.82) is 0 Å². The second-order valence-electron chi connectivity index (χ2n) is 7.66. The largest absolute Gasteiger partial charge is 0.507 e. The molecule has 8 nitrogen and oxygen atoms in total. The van der Waals surface area contributed by atoms with Gasteiger partial charge < -0.3 is 24.4 Å². The lowest BCUT2D eigenvalue weighted by Gasteiger charge is -2.25. The van der Waals surface area contributed by atoms with Crippen molar-refractivity contribution in [1.82, 2.24) is 9.88 Å². The SMILES string of the molecule is COc1ccc(C(O)=C2C(=O)C(=O)N(CCC[NH+](C)C)[C@@H]2c2cccnc2)cc1OC. The van der Waals surface area contributed by atoms with Gasteiger partial charge in [-0.05, 0) is 29.8 Å². The van der Waals surface area contributed by atoms with E-state index in [1.54, 1.807) is 42.7 Å². The molecule has 1 fully saturated rings. The van der Waals surface area contributed by atoms with Gasteiger partial charge in [-0.2, -0.15) is 0 Å². The van der Waals surface area contributed by atoms with Crippen molar-refractivity contribution >= 4 is 17.4 Å². The smallest absolute Gasteiger partial charge is 0.295 e. The maximum absolute atomic E-state index is 13.0. The van der Waals surface area contributed by atoms with Crippen LogP contribution in [0.3, 0.4) is 0 Å². The molecule has 0 saturated carbocycles. The second-order valence-corrected chi connectivity index (χ2v) is 7.66. The van der Waals surface area contributed by atoms with E-state index in [2.05, 4.69) is 4.98 Å². The summed E-state index contributed by atoms with van der Waals surface area (Å²) in [4.78, 5) is 32.8. The van der Waals surface area contributed by atoms with Gasteiger partial charge in [-0.3, -0.25) is 14.6 Å². The number of Topliss-reactive ketones (excluding diaryl/α,β-unsaturated/α-hetero) is 1. The number of likely N-dealkylation sites (tertiary alicyclic amines) is 1. The van der Waals surface area contributed by atoms with Crippen molar-refractivity contribution in [2.45, 2.75) is 12.5 Å². The lowest BCUT2D eigenvalue weighted by molar-refractivity contribution is -0.858. The summed E-state index contributed by atoms with van der Waals surface area (Å²) < 4.78 is 10.6. The Bertz CT molecular complexity index is 988. The van der Waals surface area contributed by atoms with E-state index in [9.17, 15) is 14.7 Å². The molecule has 0 spiro atoms. The number of carbonyl (C=O) groups excluding carboxylic acids is 2. The number of methoxy groups -OCH3 is 2. The van der Waals surface area contributed by atoms with Crippen LogP contribution in [0.1, 0.15) is 23.6 Å². The predicted molar refractivity (Wildman–Crippen MR) is 115 cm³/mol. The van der Waals surface area contributed by atoms with Gasteiger partial charge >= 0.3 is 0 Å². The second kappa shape index (κ2) is 9.61. The minimum absolute atomic E-state index is 0.0439. The van der Waals surface area contributed by atoms with Crippen molar-refractivity contribution in [2.24, 2.45) is 0 Å². The van der Waals surface area contributed by atoms with Gasteiger partial charge in [0, 0.05) is 30.9 Å². The molecule has 0 aliphatic carbocycles. The lowest BCUT2D eigenvalue weighted by atomic mass is 9.96. The summed E-state index contributed by atoms with van der Waals surface area (Å²) in [5.41, 5.74) is 1.07. The third-order valence-corrected chi connectivity index (χ3v) is 5.27. The van der Waals surface area contributed by atoms with Gasteiger partial charge in [0.25, 0.3) is 11.7 Å². The zero-order valence-electron chi connectivity index (χ0n) is 18.2. The van der Waals surface area contributed by atoms with Crippen LogP contribution in [-0.2, 0) is 9.59 Å². The van der Waals surface area contributed by atoms with E-state index in [1.807, 2.05) is 14.1 Å². The van der Waals surface area contributed by atoms with Crippen LogP contribution in [0.4, 0.5) is 0 Å². The highest BCUT2D eigenvalue weighted by molar-refractivity contribution is 6.46. The number of nitrogens with zero attached hydrogens (tertiary/aromatic N) is 2. The number of nitrogens with one attached hydrogen (secondary N) is 1. The van der Waals surface area contributed by atoms with E-state index in [4.69, 9.17) is 9.47 Å². The normalized spacial score (nSPS) is 18.0. The summed E-state index contributed by atoms with van der Waals surface area (Å²) in [5.74, 6) is -0.681. The minimum Gasteiger partial charge on any atom is -0.507 e. The van der Waals surface area contributed by atoms with Crippen LogP contribution in [0.15, 0.2) is 48.3 Å². The van der Waals surface area contributed by atoms with Crippen molar-refractivity contribution < 1.29 is 29.1 Å². The first-order chi connectivity index (χ1) is 14.9. The van der Waals surface area contributed by atoms with Crippen LogP contribution < -0.4 is 14.4 Å². The summed E-state index contributed by atoms with van der Waals surface area (Å²) in [5, 5.41) is 11.1. The Hall–Kier alpha value is -3.39. The molecule has 2 heterocycles. The maximum atomic E-state index is 13.0. The Morgan fingerprint density at radius 3 is 2.52 bits per heavy atom. The zero-order chi connectivity index (χ0) is 22.5. The molecule has 3 rings (SSSR count). The van der Waals surface area contributed by atoms with E-state index in [0.29, 0.717) is 29.2 Å². The molecule has 1 aromatic heterocycles. The summed E-state index contributed by atoms with van der Waals surface area (Å²) in [6, 6.07) is 7.69. The number of aromatic nitrogens is 1. The molecule has 31 heavy (non-hydrogen) atoms. The van der Waals surface area contributed by atoms with Gasteiger partial charge in [0.05, 0.1) is 46.5 Å². The number of aliphatic hydroxyl groups is 1. The number of aliphatic hydroxyl groups excluding tert-OH is 1. The van der Waals surface area contributed by atoms with Gasteiger partial charge in [0.1, 0.15) is 5.76 Å². The highest BCUT2D eigenvalue weighted by atomic mass is 16.5. The fourth-order valence-corrected chi connectivity index (χ4v) is 3.74. The molecular formula is C23H28N3O5+. The van der Waals surface area contributed by atoms with Crippen molar-refractivity contribution in [3.8, 4) is 11.5 Å². The third-order valence-electron chi connectivity index (χ3n) is 5.27. The fourth-order valence-electron chi connectivity index (χ4n) is 3.74. The highest BCUT2D eigenvalue weighted by Gasteiger charge is 2.46. The van der Waals surface area contributed by atoms with Gasteiger partial charge in [0.15, 0.2) is 11.5 Å².